The van der Waals surface area contributed by atoms with Crippen LogP contribution in [0.1, 0.15) is 24.8 Å². The van der Waals surface area contributed by atoms with Gasteiger partial charge in [0.05, 0.1) is 0 Å². The molecule has 0 saturated carbocycles. The zero-order valence-electron chi connectivity index (χ0n) is 11.5. The zero-order chi connectivity index (χ0) is 15.2. The highest BCUT2D eigenvalue weighted by Gasteiger charge is 2.16. The number of nitrogens with one attached hydrogen (secondary N) is 1. The van der Waals surface area contributed by atoms with Gasteiger partial charge >= 0.3 is 12.0 Å². The van der Waals surface area contributed by atoms with Gasteiger partial charge < -0.3 is 15.3 Å². The maximum Gasteiger partial charge on any atom is 0.328 e. The van der Waals surface area contributed by atoms with E-state index in [1.807, 2.05) is 0 Å². The lowest BCUT2D eigenvalue weighted by Gasteiger charge is -2.26. The number of halogens is 1. The highest BCUT2D eigenvalue weighted by molar-refractivity contribution is 5.90. The van der Waals surface area contributed by atoms with Crippen LogP contribution in [0.4, 0.5) is 14.9 Å². The number of hydrogen-bond donors (Lipinski definition) is 2. The number of anilines is 1. The van der Waals surface area contributed by atoms with E-state index in [0.29, 0.717) is 5.69 Å². The maximum absolute atomic E-state index is 13.5. The van der Waals surface area contributed by atoms with Crippen LogP contribution in [0.25, 0.3) is 6.08 Å². The summed E-state index contributed by atoms with van der Waals surface area (Å²) in [6.45, 7) is 1.44. The number of benzene rings is 1. The first-order valence-electron chi connectivity index (χ1n) is 6.83. The van der Waals surface area contributed by atoms with Gasteiger partial charge in [0.1, 0.15) is 5.82 Å². The van der Waals surface area contributed by atoms with Crippen molar-refractivity contribution in [2.45, 2.75) is 19.3 Å². The number of rotatable bonds is 3. The van der Waals surface area contributed by atoms with Crippen molar-refractivity contribution in [3.05, 3.63) is 35.7 Å². The molecule has 2 N–H and O–H groups in total. The first-order chi connectivity index (χ1) is 10.1. The third kappa shape index (κ3) is 4.30. The first-order valence-corrected chi connectivity index (χ1v) is 6.83. The van der Waals surface area contributed by atoms with Gasteiger partial charge in [0.2, 0.25) is 0 Å². The van der Waals surface area contributed by atoms with Crippen LogP contribution >= 0.6 is 0 Å². The smallest absolute Gasteiger partial charge is 0.328 e. The van der Waals surface area contributed by atoms with Crippen molar-refractivity contribution in [2.24, 2.45) is 0 Å². The number of carbonyl (C=O) groups excluding carboxylic acids is 1. The number of carbonyl (C=O) groups is 2. The molecule has 1 heterocycles. The topological polar surface area (TPSA) is 69.6 Å². The minimum Gasteiger partial charge on any atom is -0.478 e. The Morgan fingerprint density at radius 3 is 2.62 bits per heavy atom. The standard InChI is InChI=1S/C15H17FN2O3/c16-13-6-5-12(10-11(13)4-7-14(19)20)17-15(21)18-8-2-1-3-9-18/h4-7,10H,1-3,8-9H2,(H,17,21)(H,19,20)/b7-4+. The van der Waals surface area contributed by atoms with Gasteiger partial charge in [-0.05, 0) is 43.5 Å². The maximum atomic E-state index is 13.5. The summed E-state index contributed by atoms with van der Waals surface area (Å²) in [5.41, 5.74) is 0.561. The molecule has 0 aromatic heterocycles. The van der Waals surface area contributed by atoms with E-state index in [-0.39, 0.29) is 11.6 Å². The summed E-state index contributed by atoms with van der Waals surface area (Å²) in [7, 11) is 0. The summed E-state index contributed by atoms with van der Waals surface area (Å²) in [4.78, 5) is 24.2. The Labute approximate surface area is 122 Å². The number of likely N-dealkylation sites (tertiary alicyclic amines) is 1. The zero-order valence-corrected chi connectivity index (χ0v) is 11.5. The summed E-state index contributed by atoms with van der Waals surface area (Å²) >= 11 is 0. The van der Waals surface area contributed by atoms with Crippen LogP contribution < -0.4 is 5.32 Å². The Morgan fingerprint density at radius 1 is 1.24 bits per heavy atom. The number of aliphatic carboxylic acids is 1. The van der Waals surface area contributed by atoms with E-state index in [4.69, 9.17) is 5.11 Å². The monoisotopic (exact) mass is 292 g/mol. The Balaban J connectivity index is 2.07. The second kappa shape index (κ2) is 6.88. The number of carboxylic acid groups (broad SMARTS) is 1. The second-order valence-electron chi connectivity index (χ2n) is 4.89. The van der Waals surface area contributed by atoms with E-state index in [2.05, 4.69) is 5.32 Å². The fraction of sp³-hybridized carbons (Fsp3) is 0.333. The summed E-state index contributed by atoms with van der Waals surface area (Å²) in [6, 6.07) is 3.86. The van der Waals surface area contributed by atoms with Crippen molar-refractivity contribution in [1.29, 1.82) is 0 Å². The fourth-order valence-electron chi connectivity index (χ4n) is 2.21. The molecule has 2 rings (SSSR count). The Hall–Kier alpha value is -2.37. The van der Waals surface area contributed by atoms with Crippen LogP contribution in [-0.2, 0) is 4.79 Å². The van der Waals surface area contributed by atoms with E-state index in [1.165, 1.54) is 18.2 Å². The van der Waals surface area contributed by atoms with Gasteiger partial charge in [0.15, 0.2) is 0 Å². The average Bonchev–Trinajstić information content (AvgIpc) is 2.48. The lowest BCUT2D eigenvalue weighted by molar-refractivity contribution is -0.131. The van der Waals surface area contributed by atoms with Gasteiger partial charge in [-0.25, -0.2) is 14.0 Å². The van der Waals surface area contributed by atoms with Crippen molar-refractivity contribution < 1.29 is 19.1 Å². The van der Waals surface area contributed by atoms with E-state index in [0.717, 1.165) is 44.5 Å². The predicted octanol–water partition coefficient (Wildman–Crippen LogP) is 2.94. The van der Waals surface area contributed by atoms with Crippen LogP contribution in [0.2, 0.25) is 0 Å². The third-order valence-corrected chi connectivity index (χ3v) is 3.30. The number of hydrogen-bond acceptors (Lipinski definition) is 2. The molecule has 0 spiro atoms. The Kier molecular flexibility index (Phi) is 4.92. The van der Waals surface area contributed by atoms with Gasteiger partial charge in [-0.1, -0.05) is 0 Å². The molecule has 112 valence electrons. The minimum absolute atomic E-state index is 0.119. The molecular weight excluding hydrogens is 275 g/mol. The second-order valence-corrected chi connectivity index (χ2v) is 4.89. The number of piperidine rings is 1. The van der Waals surface area contributed by atoms with Gasteiger partial charge in [-0.2, -0.15) is 0 Å². The van der Waals surface area contributed by atoms with E-state index < -0.39 is 11.8 Å². The molecule has 0 bridgehead atoms. The van der Waals surface area contributed by atoms with Gasteiger partial charge in [-0.3, -0.25) is 0 Å². The normalized spacial score (nSPS) is 15.2. The molecule has 21 heavy (non-hydrogen) atoms. The van der Waals surface area contributed by atoms with Gasteiger partial charge in [0.25, 0.3) is 0 Å². The van der Waals surface area contributed by atoms with Crippen molar-refractivity contribution in [3.8, 4) is 0 Å². The predicted molar refractivity (Wildman–Crippen MR) is 77.5 cm³/mol. The molecular formula is C15H17FN2O3. The minimum atomic E-state index is -1.16. The Morgan fingerprint density at radius 2 is 1.95 bits per heavy atom. The fourth-order valence-corrected chi connectivity index (χ4v) is 2.21. The molecule has 5 nitrogen and oxygen atoms in total. The quantitative estimate of drug-likeness (QED) is 0.841. The van der Waals surface area contributed by atoms with E-state index in [1.54, 1.807) is 4.90 Å². The molecule has 1 aliphatic rings. The Bertz CT molecular complexity index is 566. The molecule has 1 fully saturated rings. The SMILES string of the molecule is O=C(O)/C=C/c1cc(NC(=O)N2CCCCC2)ccc1F. The molecule has 1 aliphatic heterocycles. The molecule has 1 saturated heterocycles. The lowest BCUT2D eigenvalue weighted by atomic mass is 10.1. The molecule has 1 aromatic rings. The van der Waals surface area contributed by atoms with Crippen molar-refractivity contribution >= 4 is 23.8 Å². The van der Waals surface area contributed by atoms with Crippen LogP contribution in [0, 0.1) is 5.82 Å². The molecule has 2 amide bonds. The number of urea groups is 1. The van der Waals surface area contributed by atoms with Crippen LogP contribution in [-0.4, -0.2) is 35.1 Å². The van der Waals surface area contributed by atoms with E-state index >= 15 is 0 Å². The molecule has 1 aromatic carbocycles. The van der Waals surface area contributed by atoms with Crippen LogP contribution in [0.3, 0.4) is 0 Å². The number of carboxylic acids is 1. The van der Waals surface area contributed by atoms with Crippen molar-refractivity contribution in [1.82, 2.24) is 4.90 Å². The summed E-state index contributed by atoms with van der Waals surface area (Å²) < 4.78 is 13.5. The summed E-state index contributed by atoms with van der Waals surface area (Å²) in [5.74, 6) is -1.69. The largest absolute Gasteiger partial charge is 0.478 e. The van der Waals surface area contributed by atoms with Crippen molar-refractivity contribution in [2.75, 3.05) is 18.4 Å². The first kappa shape index (κ1) is 15.0. The van der Waals surface area contributed by atoms with Gasteiger partial charge in [0, 0.05) is 30.4 Å². The van der Waals surface area contributed by atoms with Gasteiger partial charge in [-0.15, -0.1) is 0 Å². The summed E-state index contributed by atoms with van der Waals surface area (Å²) in [6.07, 6.45) is 5.13. The highest BCUT2D eigenvalue weighted by atomic mass is 19.1. The molecule has 0 atom stereocenters. The third-order valence-electron chi connectivity index (χ3n) is 3.30. The molecule has 0 unspecified atom stereocenters. The van der Waals surface area contributed by atoms with Crippen molar-refractivity contribution in [3.63, 3.8) is 0 Å². The number of nitrogens with zero attached hydrogens (tertiary/aromatic N) is 1. The molecule has 0 aliphatic carbocycles. The number of amides is 2. The summed E-state index contributed by atoms with van der Waals surface area (Å²) in [5, 5.41) is 11.3. The van der Waals surface area contributed by atoms with E-state index in [9.17, 15) is 14.0 Å². The molecule has 6 heteroatoms. The average molecular weight is 292 g/mol. The highest BCUT2D eigenvalue weighted by Crippen LogP contribution is 2.18. The van der Waals surface area contributed by atoms with Crippen LogP contribution in [0.15, 0.2) is 24.3 Å². The molecule has 0 radical (unpaired) electrons. The lowest BCUT2D eigenvalue weighted by Crippen LogP contribution is -2.38. The van der Waals surface area contributed by atoms with Crippen LogP contribution in [0.5, 0.6) is 0 Å².